The van der Waals surface area contributed by atoms with Crippen LogP contribution in [0.5, 0.6) is 0 Å². The molecule has 0 saturated carbocycles. The third kappa shape index (κ3) is 2.91. The number of nitrogens with two attached hydrogens (primary N) is 1. The lowest BCUT2D eigenvalue weighted by atomic mass is 10.1. The van der Waals surface area contributed by atoms with Gasteiger partial charge in [0.25, 0.3) is 0 Å². The molecule has 0 spiro atoms. The van der Waals surface area contributed by atoms with Crippen LogP contribution in [0.2, 0.25) is 0 Å². The van der Waals surface area contributed by atoms with Crippen molar-refractivity contribution in [3.05, 3.63) is 53.2 Å². The van der Waals surface area contributed by atoms with Crippen molar-refractivity contribution in [2.24, 2.45) is 10.7 Å². The van der Waals surface area contributed by atoms with Crippen LogP contribution in [0.1, 0.15) is 17.5 Å². The average molecular weight is 212 g/mol. The van der Waals surface area contributed by atoms with Crippen molar-refractivity contribution in [2.75, 3.05) is 6.54 Å². The van der Waals surface area contributed by atoms with Gasteiger partial charge in [-0.05, 0) is 11.1 Å². The van der Waals surface area contributed by atoms with E-state index in [0.717, 1.165) is 12.8 Å². The molecular weight excluding hydrogens is 196 g/mol. The molecule has 2 N–H and O–H groups in total. The van der Waals surface area contributed by atoms with Crippen LogP contribution in [-0.4, -0.2) is 12.8 Å². The van der Waals surface area contributed by atoms with Gasteiger partial charge in [0, 0.05) is 31.3 Å². The first kappa shape index (κ1) is 10.8. The third-order valence-electron chi connectivity index (χ3n) is 2.53. The third-order valence-corrected chi connectivity index (χ3v) is 2.53. The molecule has 0 saturated heterocycles. The largest absolute Gasteiger partial charge is 0.327 e. The quantitative estimate of drug-likeness (QED) is 0.818. The van der Waals surface area contributed by atoms with E-state index in [4.69, 9.17) is 5.73 Å². The van der Waals surface area contributed by atoms with Crippen LogP contribution in [0.15, 0.2) is 47.1 Å². The first-order valence-electron chi connectivity index (χ1n) is 5.55. The lowest BCUT2D eigenvalue weighted by Crippen LogP contribution is -1.92. The molecule has 82 valence electrons. The van der Waals surface area contributed by atoms with E-state index in [0.29, 0.717) is 6.54 Å². The SMILES string of the molecule is NC/C=C/c1ccc(CC2=CCC=N2)cc1. The summed E-state index contributed by atoms with van der Waals surface area (Å²) >= 11 is 0. The second kappa shape index (κ2) is 5.42. The number of aliphatic imine (C=N–C) groups is 1. The van der Waals surface area contributed by atoms with Gasteiger partial charge in [-0.2, -0.15) is 0 Å². The highest BCUT2D eigenvalue weighted by atomic mass is 14.7. The fourth-order valence-corrected chi connectivity index (χ4v) is 1.69. The van der Waals surface area contributed by atoms with Gasteiger partial charge in [-0.15, -0.1) is 0 Å². The van der Waals surface area contributed by atoms with Crippen LogP contribution in [0.25, 0.3) is 6.08 Å². The predicted octanol–water partition coefficient (Wildman–Crippen LogP) is 2.56. The molecule has 0 fully saturated rings. The molecule has 1 aliphatic heterocycles. The van der Waals surface area contributed by atoms with E-state index in [-0.39, 0.29) is 0 Å². The molecule has 1 heterocycles. The van der Waals surface area contributed by atoms with Gasteiger partial charge in [-0.1, -0.05) is 42.5 Å². The molecule has 2 rings (SSSR count). The Kier molecular flexibility index (Phi) is 3.67. The highest BCUT2D eigenvalue weighted by Crippen LogP contribution is 2.14. The Balaban J connectivity index is 2.01. The summed E-state index contributed by atoms with van der Waals surface area (Å²) < 4.78 is 0. The van der Waals surface area contributed by atoms with Gasteiger partial charge in [0.2, 0.25) is 0 Å². The van der Waals surface area contributed by atoms with Crippen LogP contribution < -0.4 is 5.73 Å². The molecule has 0 aromatic heterocycles. The van der Waals surface area contributed by atoms with Crippen LogP contribution in [0.4, 0.5) is 0 Å². The van der Waals surface area contributed by atoms with Gasteiger partial charge in [0.05, 0.1) is 0 Å². The van der Waals surface area contributed by atoms with Crippen molar-refractivity contribution >= 4 is 12.3 Å². The summed E-state index contributed by atoms with van der Waals surface area (Å²) in [5.41, 5.74) is 9.07. The molecular formula is C14H16N2. The fraction of sp³-hybridized carbons (Fsp3) is 0.214. The number of benzene rings is 1. The van der Waals surface area contributed by atoms with Crippen molar-refractivity contribution in [3.63, 3.8) is 0 Å². The lowest BCUT2D eigenvalue weighted by molar-refractivity contribution is 1.12. The summed E-state index contributed by atoms with van der Waals surface area (Å²) in [5, 5.41) is 0. The molecule has 2 nitrogen and oxygen atoms in total. The van der Waals surface area contributed by atoms with Crippen molar-refractivity contribution in [1.82, 2.24) is 0 Å². The van der Waals surface area contributed by atoms with Crippen LogP contribution in [-0.2, 0) is 6.42 Å². The second-order valence-electron chi connectivity index (χ2n) is 3.80. The highest BCUT2D eigenvalue weighted by molar-refractivity contribution is 5.65. The Morgan fingerprint density at radius 2 is 2.06 bits per heavy atom. The van der Waals surface area contributed by atoms with E-state index in [1.54, 1.807) is 0 Å². The molecule has 1 aromatic rings. The molecule has 1 aliphatic rings. The Hall–Kier alpha value is -1.67. The smallest absolute Gasteiger partial charge is 0.0407 e. The molecule has 0 atom stereocenters. The summed E-state index contributed by atoms with van der Waals surface area (Å²) in [7, 11) is 0. The van der Waals surface area contributed by atoms with E-state index >= 15 is 0 Å². The Labute approximate surface area is 96.2 Å². The Morgan fingerprint density at radius 1 is 1.25 bits per heavy atom. The zero-order chi connectivity index (χ0) is 11.2. The fourth-order valence-electron chi connectivity index (χ4n) is 1.69. The van der Waals surface area contributed by atoms with Gasteiger partial charge in [0.15, 0.2) is 0 Å². The number of hydrogen-bond donors (Lipinski definition) is 1. The minimum absolute atomic E-state index is 0.587. The summed E-state index contributed by atoms with van der Waals surface area (Å²) in [6.07, 6.45) is 10.0. The number of rotatable bonds is 4. The molecule has 0 aliphatic carbocycles. The maximum atomic E-state index is 5.40. The first-order valence-corrected chi connectivity index (χ1v) is 5.55. The van der Waals surface area contributed by atoms with E-state index in [1.165, 1.54) is 16.8 Å². The van der Waals surface area contributed by atoms with E-state index in [9.17, 15) is 0 Å². The van der Waals surface area contributed by atoms with E-state index in [1.807, 2.05) is 18.4 Å². The molecule has 1 aromatic carbocycles. The molecule has 0 bridgehead atoms. The zero-order valence-electron chi connectivity index (χ0n) is 9.26. The molecule has 16 heavy (non-hydrogen) atoms. The number of nitrogens with zero attached hydrogens (tertiary/aromatic N) is 1. The van der Waals surface area contributed by atoms with Gasteiger partial charge in [-0.25, -0.2) is 0 Å². The predicted molar refractivity (Wildman–Crippen MR) is 69.4 cm³/mol. The van der Waals surface area contributed by atoms with Crippen molar-refractivity contribution < 1.29 is 0 Å². The number of allylic oxidation sites excluding steroid dienone is 2. The summed E-state index contributed by atoms with van der Waals surface area (Å²) in [4.78, 5) is 4.31. The van der Waals surface area contributed by atoms with E-state index in [2.05, 4.69) is 35.3 Å². The Bertz CT molecular complexity index is 425. The lowest BCUT2D eigenvalue weighted by Gasteiger charge is -2.01. The highest BCUT2D eigenvalue weighted by Gasteiger charge is 2.00. The standard InChI is InChI=1S/C14H16N2/c15-9-1-3-12-5-7-13(8-6-12)11-14-4-2-10-16-14/h1,3-8,10H,2,9,11,15H2/b3-1+. The first-order chi connectivity index (χ1) is 7.88. The van der Waals surface area contributed by atoms with Crippen molar-refractivity contribution in [3.8, 4) is 0 Å². The van der Waals surface area contributed by atoms with Crippen molar-refractivity contribution in [1.29, 1.82) is 0 Å². The maximum Gasteiger partial charge on any atom is 0.0407 e. The number of hydrogen-bond acceptors (Lipinski definition) is 2. The normalized spacial score (nSPS) is 14.7. The zero-order valence-corrected chi connectivity index (χ0v) is 9.26. The second-order valence-corrected chi connectivity index (χ2v) is 3.80. The van der Waals surface area contributed by atoms with Crippen LogP contribution in [0, 0.1) is 0 Å². The summed E-state index contributed by atoms with van der Waals surface area (Å²) in [6.45, 7) is 0.587. The minimum Gasteiger partial charge on any atom is -0.327 e. The average Bonchev–Trinajstić information content (AvgIpc) is 2.81. The summed E-state index contributed by atoms with van der Waals surface area (Å²) in [6, 6.07) is 8.51. The van der Waals surface area contributed by atoms with Gasteiger partial charge in [0.1, 0.15) is 0 Å². The maximum absolute atomic E-state index is 5.40. The summed E-state index contributed by atoms with van der Waals surface area (Å²) in [5.74, 6) is 0. The van der Waals surface area contributed by atoms with Crippen LogP contribution in [0.3, 0.4) is 0 Å². The topological polar surface area (TPSA) is 38.4 Å². The van der Waals surface area contributed by atoms with Crippen molar-refractivity contribution in [2.45, 2.75) is 12.8 Å². The van der Waals surface area contributed by atoms with Gasteiger partial charge < -0.3 is 5.73 Å². The Morgan fingerprint density at radius 3 is 2.69 bits per heavy atom. The molecule has 0 unspecified atom stereocenters. The van der Waals surface area contributed by atoms with Crippen LogP contribution >= 0.6 is 0 Å². The van der Waals surface area contributed by atoms with Gasteiger partial charge in [-0.3, -0.25) is 4.99 Å². The van der Waals surface area contributed by atoms with E-state index < -0.39 is 0 Å². The molecule has 0 amide bonds. The minimum atomic E-state index is 0.587. The molecule has 2 heteroatoms. The molecule has 0 radical (unpaired) electrons. The monoisotopic (exact) mass is 212 g/mol. The van der Waals surface area contributed by atoms with Gasteiger partial charge >= 0.3 is 0 Å².